The summed E-state index contributed by atoms with van der Waals surface area (Å²) in [6, 6.07) is 6.66. The van der Waals surface area contributed by atoms with Crippen molar-refractivity contribution in [3.63, 3.8) is 0 Å². The molecule has 2 N–H and O–H groups in total. The van der Waals surface area contributed by atoms with Gasteiger partial charge in [-0.25, -0.2) is 0 Å². The number of carbonyl (C=O) groups is 1. The normalized spacial score (nSPS) is 10.2. The number of carbonyl (C=O) groups excluding carboxylic acids is 1. The molecule has 1 aromatic rings. The predicted molar refractivity (Wildman–Crippen MR) is 50.4 cm³/mol. The highest BCUT2D eigenvalue weighted by atomic mass is 35.5. The Hall–Kier alpha value is -1.55. The van der Waals surface area contributed by atoms with Crippen LogP contribution in [0.4, 0.5) is 5.69 Å². The van der Waals surface area contributed by atoms with E-state index in [1.165, 1.54) is 0 Å². The van der Waals surface area contributed by atoms with Crippen molar-refractivity contribution in [3.05, 3.63) is 29.3 Å². The van der Waals surface area contributed by atoms with Crippen LogP contribution in [0.1, 0.15) is 0 Å². The Morgan fingerprint density at radius 2 is 2.38 bits per heavy atom. The van der Waals surface area contributed by atoms with Crippen molar-refractivity contribution in [2.45, 2.75) is 0 Å². The molecule has 0 aliphatic rings. The summed E-state index contributed by atoms with van der Waals surface area (Å²) >= 11 is 5.67. The van der Waals surface area contributed by atoms with E-state index in [9.17, 15) is 4.79 Å². The van der Waals surface area contributed by atoms with Crippen LogP contribution in [0.25, 0.3) is 0 Å². The molecule has 0 heterocycles. The standard InChI is InChI=1S/C8H7ClN2O2/c9-6-2-1-3-7(4-6)11-8(12)5-10-13/h1-5,13H,(H,11,12)/b10-5+. The van der Waals surface area contributed by atoms with Crippen molar-refractivity contribution in [2.24, 2.45) is 5.16 Å². The summed E-state index contributed by atoms with van der Waals surface area (Å²) in [6.45, 7) is 0. The van der Waals surface area contributed by atoms with E-state index >= 15 is 0 Å². The van der Waals surface area contributed by atoms with Gasteiger partial charge in [-0.05, 0) is 18.2 Å². The Morgan fingerprint density at radius 3 is 3.00 bits per heavy atom. The molecule has 4 nitrogen and oxygen atoms in total. The number of nitrogens with zero attached hydrogens (tertiary/aromatic N) is 1. The molecule has 0 unspecified atom stereocenters. The fraction of sp³-hybridized carbons (Fsp3) is 0. The Morgan fingerprint density at radius 1 is 1.62 bits per heavy atom. The van der Waals surface area contributed by atoms with Crippen LogP contribution >= 0.6 is 11.6 Å². The van der Waals surface area contributed by atoms with Crippen molar-refractivity contribution in [1.82, 2.24) is 0 Å². The Bertz CT molecular complexity index is 339. The van der Waals surface area contributed by atoms with Crippen LogP contribution < -0.4 is 5.32 Å². The lowest BCUT2D eigenvalue weighted by Gasteiger charge is -2.00. The first kappa shape index (κ1) is 9.54. The van der Waals surface area contributed by atoms with E-state index in [0.717, 1.165) is 6.21 Å². The van der Waals surface area contributed by atoms with Crippen LogP contribution in [-0.2, 0) is 4.79 Å². The number of halogens is 1. The second-order valence-corrected chi connectivity index (χ2v) is 2.68. The molecule has 1 rings (SSSR count). The van der Waals surface area contributed by atoms with Crippen molar-refractivity contribution >= 4 is 29.4 Å². The first-order valence-electron chi connectivity index (χ1n) is 3.46. The van der Waals surface area contributed by atoms with Gasteiger partial charge in [0.1, 0.15) is 6.21 Å². The average Bonchev–Trinajstić information content (AvgIpc) is 2.04. The number of amides is 1. The van der Waals surface area contributed by atoms with Crippen LogP contribution in [0.15, 0.2) is 29.4 Å². The van der Waals surface area contributed by atoms with Gasteiger partial charge in [0.05, 0.1) is 0 Å². The first-order chi connectivity index (χ1) is 6.22. The molecular formula is C8H7ClN2O2. The zero-order chi connectivity index (χ0) is 9.68. The van der Waals surface area contributed by atoms with Crippen LogP contribution in [0, 0.1) is 0 Å². The Labute approximate surface area is 79.8 Å². The maximum atomic E-state index is 10.9. The third-order valence-electron chi connectivity index (χ3n) is 1.27. The van der Waals surface area contributed by atoms with Gasteiger partial charge in [0, 0.05) is 10.7 Å². The van der Waals surface area contributed by atoms with E-state index < -0.39 is 5.91 Å². The zero-order valence-electron chi connectivity index (χ0n) is 6.57. The molecule has 1 amide bonds. The van der Waals surface area contributed by atoms with E-state index in [0.29, 0.717) is 10.7 Å². The van der Waals surface area contributed by atoms with Crippen molar-refractivity contribution in [2.75, 3.05) is 5.32 Å². The highest BCUT2D eigenvalue weighted by molar-refractivity contribution is 6.32. The van der Waals surface area contributed by atoms with Crippen molar-refractivity contribution < 1.29 is 10.0 Å². The van der Waals surface area contributed by atoms with Gasteiger partial charge < -0.3 is 10.5 Å². The lowest BCUT2D eigenvalue weighted by Crippen LogP contribution is -2.12. The van der Waals surface area contributed by atoms with E-state index in [2.05, 4.69) is 10.5 Å². The van der Waals surface area contributed by atoms with Crippen molar-refractivity contribution in [1.29, 1.82) is 0 Å². The molecular weight excluding hydrogens is 192 g/mol. The topological polar surface area (TPSA) is 61.7 Å². The van der Waals surface area contributed by atoms with Gasteiger partial charge in [-0.3, -0.25) is 4.79 Å². The number of anilines is 1. The van der Waals surface area contributed by atoms with E-state index in [1.807, 2.05) is 0 Å². The van der Waals surface area contributed by atoms with Crippen LogP contribution in [0.5, 0.6) is 0 Å². The smallest absolute Gasteiger partial charge is 0.270 e. The largest absolute Gasteiger partial charge is 0.411 e. The van der Waals surface area contributed by atoms with Gasteiger partial charge in [-0.1, -0.05) is 22.8 Å². The second kappa shape index (κ2) is 4.47. The van der Waals surface area contributed by atoms with Gasteiger partial charge in [-0.15, -0.1) is 0 Å². The number of nitrogens with one attached hydrogen (secondary N) is 1. The maximum Gasteiger partial charge on any atom is 0.270 e. The van der Waals surface area contributed by atoms with Gasteiger partial charge in [0.25, 0.3) is 5.91 Å². The van der Waals surface area contributed by atoms with Crippen molar-refractivity contribution in [3.8, 4) is 0 Å². The summed E-state index contributed by atoms with van der Waals surface area (Å²) in [6.07, 6.45) is 0.765. The first-order valence-corrected chi connectivity index (χ1v) is 3.84. The molecule has 0 saturated heterocycles. The van der Waals surface area contributed by atoms with E-state index in [4.69, 9.17) is 16.8 Å². The highest BCUT2D eigenvalue weighted by Gasteiger charge is 1.98. The molecule has 13 heavy (non-hydrogen) atoms. The van der Waals surface area contributed by atoms with Crippen LogP contribution in [-0.4, -0.2) is 17.3 Å². The minimum Gasteiger partial charge on any atom is -0.411 e. The summed E-state index contributed by atoms with van der Waals surface area (Å²) < 4.78 is 0. The number of hydrogen-bond donors (Lipinski definition) is 2. The number of oxime groups is 1. The monoisotopic (exact) mass is 198 g/mol. The summed E-state index contributed by atoms with van der Waals surface area (Å²) in [5.41, 5.74) is 0.553. The average molecular weight is 199 g/mol. The molecule has 68 valence electrons. The third-order valence-corrected chi connectivity index (χ3v) is 1.50. The molecule has 0 aliphatic carbocycles. The van der Waals surface area contributed by atoms with Gasteiger partial charge in [-0.2, -0.15) is 0 Å². The molecule has 0 bridgehead atoms. The minimum absolute atomic E-state index is 0.509. The SMILES string of the molecule is O=C(/C=N/O)Nc1cccc(Cl)c1. The van der Waals surface area contributed by atoms with Gasteiger partial charge >= 0.3 is 0 Å². The summed E-state index contributed by atoms with van der Waals surface area (Å²) in [5, 5.41) is 13.6. The molecule has 0 saturated carbocycles. The second-order valence-electron chi connectivity index (χ2n) is 2.24. The molecule has 0 spiro atoms. The molecule has 1 aromatic carbocycles. The molecule has 5 heteroatoms. The summed E-state index contributed by atoms with van der Waals surface area (Å²) in [7, 11) is 0. The third kappa shape index (κ3) is 3.13. The van der Waals surface area contributed by atoms with E-state index in [1.54, 1.807) is 24.3 Å². The van der Waals surface area contributed by atoms with E-state index in [-0.39, 0.29) is 0 Å². The molecule has 0 aliphatic heterocycles. The predicted octanol–water partition coefficient (Wildman–Crippen LogP) is 1.74. The van der Waals surface area contributed by atoms with Gasteiger partial charge in [0.2, 0.25) is 0 Å². The van der Waals surface area contributed by atoms with Crippen LogP contribution in [0.3, 0.4) is 0 Å². The summed E-state index contributed by atoms with van der Waals surface area (Å²) in [5.74, 6) is -0.509. The minimum atomic E-state index is -0.509. The molecule has 0 aromatic heterocycles. The number of benzene rings is 1. The molecule has 0 atom stereocenters. The quantitative estimate of drug-likeness (QED) is 0.432. The highest BCUT2D eigenvalue weighted by Crippen LogP contribution is 2.14. The molecule has 0 radical (unpaired) electrons. The fourth-order valence-corrected chi connectivity index (χ4v) is 0.983. The summed E-state index contributed by atoms with van der Waals surface area (Å²) in [4.78, 5) is 10.9. The number of hydrogen-bond acceptors (Lipinski definition) is 3. The Kier molecular flexibility index (Phi) is 3.28. The zero-order valence-corrected chi connectivity index (χ0v) is 7.32. The Balaban J connectivity index is 2.69. The van der Waals surface area contributed by atoms with Gasteiger partial charge in [0.15, 0.2) is 0 Å². The molecule has 0 fully saturated rings. The number of rotatable bonds is 2. The fourth-order valence-electron chi connectivity index (χ4n) is 0.793. The lowest BCUT2D eigenvalue weighted by atomic mass is 10.3. The van der Waals surface area contributed by atoms with Crippen LogP contribution in [0.2, 0.25) is 5.02 Å². The maximum absolute atomic E-state index is 10.9. The lowest BCUT2D eigenvalue weighted by molar-refractivity contribution is -0.110.